The van der Waals surface area contributed by atoms with Crippen LogP contribution < -0.4 is 0 Å². The number of rotatable bonds is 88. The van der Waals surface area contributed by atoms with Crippen molar-refractivity contribution in [1.29, 1.82) is 0 Å². The van der Waals surface area contributed by atoms with E-state index >= 15 is 0 Å². The number of phosphoric ester groups is 2. The van der Waals surface area contributed by atoms with Gasteiger partial charge in [0.25, 0.3) is 0 Å². The molecule has 17 nitrogen and oxygen atoms in total. The van der Waals surface area contributed by atoms with Gasteiger partial charge in [-0.25, -0.2) is 9.13 Å². The highest BCUT2D eigenvalue weighted by atomic mass is 31.2. The van der Waals surface area contributed by atoms with Gasteiger partial charge in [-0.1, -0.05) is 426 Å². The molecule has 107 heavy (non-hydrogen) atoms. The van der Waals surface area contributed by atoms with Gasteiger partial charge in [0.15, 0.2) is 12.2 Å². The number of carbonyl (C=O) groups is 4. The summed E-state index contributed by atoms with van der Waals surface area (Å²) in [5.41, 5.74) is 0. The topological polar surface area (TPSA) is 237 Å². The number of aliphatic hydroxyl groups is 1. The van der Waals surface area contributed by atoms with Crippen LogP contribution in [0.5, 0.6) is 0 Å². The standard InChI is InChI=1S/C88H172O17P2/c1-6-9-12-15-18-21-24-26-28-29-30-31-32-36-40-43-47-52-57-62-67-72-86(91)99-78-84(105-88(93)74-69-64-59-54-49-45-41-37-34-33-35-39-42-46-50-55-60-65-70-81(4)5)80-103-107(96,97)101-76-82(89)75-100-106(94,95)102-79-83(77-98-85(90)71-66-61-56-51-23-20-17-14-11-8-3)104-87(92)73-68-63-58-53-48-44-38-27-25-22-19-16-13-10-7-2/h81-84,89H,6-80H2,1-5H3,(H,94,95)(H,96,97)/t82-,83+,84+/m0/s1. The molecule has 0 aromatic rings. The molecule has 0 saturated heterocycles. The third-order valence-electron chi connectivity index (χ3n) is 20.8. The Morgan fingerprint density at radius 3 is 0.636 bits per heavy atom. The number of esters is 4. The van der Waals surface area contributed by atoms with Crippen LogP contribution in [0.25, 0.3) is 0 Å². The first-order chi connectivity index (χ1) is 52.0. The number of phosphoric acid groups is 2. The van der Waals surface area contributed by atoms with Gasteiger partial charge in [-0.15, -0.1) is 0 Å². The summed E-state index contributed by atoms with van der Waals surface area (Å²) < 4.78 is 68.9. The summed E-state index contributed by atoms with van der Waals surface area (Å²) >= 11 is 0. The maximum absolute atomic E-state index is 13.2. The molecule has 19 heteroatoms. The number of hydrogen-bond donors (Lipinski definition) is 3. The van der Waals surface area contributed by atoms with E-state index in [2.05, 4.69) is 34.6 Å². The van der Waals surface area contributed by atoms with Crippen molar-refractivity contribution in [3.05, 3.63) is 0 Å². The van der Waals surface area contributed by atoms with E-state index in [1.807, 2.05) is 0 Å². The van der Waals surface area contributed by atoms with Crippen LogP contribution in [0.1, 0.15) is 478 Å². The van der Waals surface area contributed by atoms with Crippen LogP contribution in [0.4, 0.5) is 0 Å². The number of aliphatic hydroxyl groups excluding tert-OH is 1. The van der Waals surface area contributed by atoms with Crippen molar-refractivity contribution in [3.63, 3.8) is 0 Å². The van der Waals surface area contributed by atoms with E-state index in [4.69, 9.17) is 37.0 Å². The Morgan fingerprint density at radius 1 is 0.252 bits per heavy atom. The first-order valence-electron chi connectivity index (χ1n) is 45.6. The van der Waals surface area contributed by atoms with E-state index in [9.17, 15) is 43.2 Å². The number of unbranched alkanes of at least 4 members (excludes halogenated alkanes) is 60. The zero-order chi connectivity index (χ0) is 78.3. The van der Waals surface area contributed by atoms with E-state index in [0.717, 1.165) is 95.8 Å². The maximum atomic E-state index is 13.2. The zero-order valence-electron chi connectivity index (χ0n) is 70.3. The molecule has 0 aromatic carbocycles. The second-order valence-corrected chi connectivity index (χ2v) is 35.0. The van der Waals surface area contributed by atoms with Gasteiger partial charge in [0, 0.05) is 25.7 Å². The van der Waals surface area contributed by atoms with Gasteiger partial charge in [-0.05, 0) is 31.6 Å². The van der Waals surface area contributed by atoms with Crippen molar-refractivity contribution in [2.75, 3.05) is 39.6 Å². The molecule has 0 spiro atoms. The second-order valence-electron chi connectivity index (χ2n) is 32.1. The fourth-order valence-corrected chi connectivity index (χ4v) is 15.4. The number of ether oxygens (including phenoxy) is 4. The Hall–Kier alpha value is -1.94. The molecule has 0 radical (unpaired) electrons. The molecular formula is C88H172O17P2. The van der Waals surface area contributed by atoms with Crippen molar-refractivity contribution in [2.24, 2.45) is 5.92 Å². The van der Waals surface area contributed by atoms with Gasteiger partial charge in [0.2, 0.25) is 0 Å². The minimum absolute atomic E-state index is 0.109. The predicted octanol–water partition coefficient (Wildman–Crippen LogP) is 27.2. The Labute approximate surface area is 658 Å². The van der Waals surface area contributed by atoms with Crippen molar-refractivity contribution in [3.8, 4) is 0 Å². The Balaban J connectivity index is 5.21. The lowest BCUT2D eigenvalue weighted by atomic mass is 10.0. The third-order valence-corrected chi connectivity index (χ3v) is 22.7. The highest BCUT2D eigenvalue weighted by Gasteiger charge is 2.30. The van der Waals surface area contributed by atoms with Crippen LogP contribution in [0.3, 0.4) is 0 Å². The van der Waals surface area contributed by atoms with Gasteiger partial charge in [0.1, 0.15) is 19.3 Å². The largest absolute Gasteiger partial charge is 0.472 e. The highest BCUT2D eigenvalue weighted by Crippen LogP contribution is 2.45. The van der Waals surface area contributed by atoms with Crippen molar-refractivity contribution >= 4 is 39.5 Å². The quantitative estimate of drug-likeness (QED) is 0.0222. The molecule has 0 bridgehead atoms. The molecule has 0 aliphatic carbocycles. The SMILES string of the molecule is CCCCCCCCCCCCCCCCCCCCCCCC(=O)OC[C@H](COP(=O)(O)OC[C@@H](O)COP(=O)(O)OC[C@@H](COC(=O)CCCCCCCCCCCC)OC(=O)CCCCCCCCCCCCCCCCC)OC(=O)CCCCCCCCCCCCCCCCCCCCC(C)C. The Kier molecular flexibility index (Phi) is 79.2. The summed E-state index contributed by atoms with van der Waals surface area (Å²) in [5.74, 6) is -1.28. The summed E-state index contributed by atoms with van der Waals surface area (Å²) in [6.07, 6.45) is 75.1. The fourth-order valence-electron chi connectivity index (χ4n) is 13.8. The Bertz CT molecular complexity index is 2030. The minimum Gasteiger partial charge on any atom is -0.462 e. The van der Waals surface area contributed by atoms with Crippen LogP contribution in [0.15, 0.2) is 0 Å². The predicted molar refractivity (Wildman–Crippen MR) is 442 cm³/mol. The lowest BCUT2D eigenvalue weighted by Crippen LogP contribution is -2.30. The second kappa shape index (κ2) is 80.7. The smallest absolute Gasteiger partial charge is 0.462 e. The van der Waals surface area contributed by atoms with E-state index in [1.165, 1.54) is 302 Å². The summed E-state index contributed by atoms with van der Waals surface area (Å²) in [7, 11) is -9.93. The molecule has 3 N–H and O–H groups in total. The zero-order valence-corrected chi connectivity index (χ0v) is 72.1. The van der Waals surface area contributed by atoms with Gasteiger partial charge < -0.3 is 33.8 Å². The van der Waals surface area contributed by atoms with Gasteiger partial charge in [-0.2, -0.15) is 0 Å². The average molecular weight is 1560 g/mol. The molecule has 0 aliphatic heterocycles. The van der Waals surface area contributed by atoms with Crippen molar-refractivity contribution in [1.82, 2.24) is 0 Å². The molecule has 0 aromatic heterocycles. The van der Waals surface area contributed by atoms with Gasteiger partial charge in [0.05, 0.1) is 26.4 Å². The van der Waals surface area contributed by atoms with Crippen molar-refractivity contribution in [2.45, 2.75) is 496 Å². The third kappa shape index (κ3) is 81.9. The van der Waals surface area contributed by atoms with E-state index < -0.39 is 97.5 Å². The summed E-state index contributed by atoms with van der Waals surface area (Å²) in [4.78, 5) is 73.2. The van der Waals surface area contributed by atoms with E-state index in [0.29, 0.717) is 25.7 Å². The molecule has 0 amide bonds. The van der Waals surface area contributed by atoms with Crippen LogP contribution in [-0.4, -0.2) is 96.7 Å². The number of hydrogen-bond acceptors (Lipinski definition) is 15. The Morgan fingerprint density at radius 2 is 0.430 bits per heavy atom. The van der Waals surface area contributed by atoms with Crippen LogP contribution in [0, 0.1) is 5.92 Å². The van der Waals surface area contributed by atoms with Crippen LogP contribution >= 0.6 is 15.6 Å². The van der Waals surface area contributed by atoms with E-state index in [1.54, 1.807) is 0 Å². The van der Waals surface area contributed by atoms with Gasteiger partial charge in [-0.3, -0.25) is 37.3 Å². The summed E-state index contributed by atoms with van der Waals surface area (Å²) in [5, 5.41) is 10.7. The molecule has 0 saturated carbocycles. The summed E-state index contributed by atoms with van der Waals surface area (Å²) in [6.45, 7) is 7.40. The number of carbonyl (C=O) groups excluding carboxylic acids is 4. The summed E-state index contributed by atoms with van der Waals surface area (Å²) in [6, 6.07) is 0. The normalized spacial score (nSPS) is 13.7. The molecular weight excluding hydrogens is 1390 g/mol. The molecule has 0 rings (SSSR count). The molecule has 0 fully saturated rings. The highest BCUT2D eigenvalue weighted by molar-refractivity contribution is 7.47. The van der Waals surface area contributed by atoms with Crippen LogP contribution in [0.2, 0.25) is 0 Å². The first-order valence-corrected chi connectivity index (χ1v) is 48.6. The molecule has 0 aliphatic rings. The van der Waals surface area contributed by atoms with Crippen LogP contribution in [-0.2, 0) is 65.4 Å². The van der Waals surface area contributed by atoms with E-state index in [-0.39, 0.29) is 25.7 Å². The molecule has 0 heterocycles. The lowest BCUT2D eigenvalue weighted by molar-refractivity contribution is -0.161. The lowest BCUT2D eigenvalue weighted by Gasteiger charge is -2.21. The minimum atomic E-state index is -4.97. The molecule has 2 unspecified atom stereocenters. The average Bonchev–Trinajstić information content (AvgIpc) is 0.902. The maximum Gasteiger partial charge on any atom is 0.472 e. The first kappa shape index (κ1) is 105. The monoisotopic (exact) mass is 1560 g/mol. The fraction of sp³-hybridized carbons (Fsp3) is 0.955. The molecule has 5 atom stereocenters. The molecule has 636 valence electrons. The van der Waals surface area contributed by atoms with Gasteiger partial charge >= 0.3 is 39.5 Å². The van der Waals surface area contributed by atoms with Crippen molar-refractivity contribution < 1.29 is 80.2 Å².